The van der Waals surface area contributed by atoms with Crippen LogP contribution in [0.3, 0.4) is 0 Å². The molecule has 236 valence electrons. The number of urea groups is 1. The Labute approximate surface area is 249 Å². The van der Waals surface area contributed by atoms with Gasteiger partial charge in [0.2, 0.25) is 0 Å². The van der Waals surface area contributed by atoms with Crippen molar-refractivity contribution >= 4 is 12.1 Å². The number of nitrogens with one attached hydrogen (secondary N) is 1. The van der Waals surface area contributed by atoms with E-state index >= 15 is 0 Å². The first kappa shape index (κ1) is 32.6. The lowest BCUT2D eigenvalue weighted by molar-refractivity contribution is -0.143. The molecular weight excluding hydrogens is 595 g/mol. The largest absolute Gasteiger partial charge is 0.445 e. The summed E-state index contributed by atoms with van der Waals surface area (Å²) in [6, 6.07) is 12.3. The molecular formula is C31H30F7N3O3. The predicted molar refractivity (Wildman–Crippen MR) is 147 cm³/mol. The van der Waals surface area contributed by atoms with Gasteiger partial charge < -0.3 is 19.9 Å². The normalized spacial score (nSPS) is 17.4. The monoisotopic (exact) mass is 625 g/mol. The highest BCUT2D eigenvalue weighted by Gasteiger charge is 2.41. The summed E-state index contributed by atoms with van der Waals surface area (Å²) < 4.78 is 98.9. The maximum absolute atomic E-state index is 13.9. The molecule has 6 nitrogen and oxygen atoms in total. The summed E-state index contributed by atoms with van der Waals surface area (Å²) in [5.74, 6) is -0.496. The Morgan fingerprint density at radius 2 is 1.48 bits per heavy atom. The standard InChI is InChI=1S/C31H30F7N3O3/c1-19-14-25(32)8-9-26(19)27-20(2)40(29(43)44-18-21-6-4-3-5-7-21)12-13-41(27)28(42)39-11-10-22-15-23(30(33,34)35)17-24(16-22)31(36,37)38/h3-9,14-17,20,27H,10-13,18H2,1-2H3,(H,39,42). The highest BCUT2D eigenvalue weighted by atomic mass is 19.4. The van der Waals surface area contributed by atoms with E-state index in [-0.39, 0.29) is 44.3 Å². The first-order valence-corrected chi connectivity index (χ1v) is 13.7. The maximum Gasteiger partial charge on any atom is 0.416 e. The molecule has 0 radical (unpaired) electrons. The number of nitrogens with zero attached hydrogens (tertiary/aromatic N) is 2. The highest BCUT2D eigenvalue weighted by Crippen LogP contribution is 2.37. The van der Waals surface area contributed by atoms with Crippen molar-refractivity contribution in [2.75, 3.05) is 19.6 Å². The molecule has 2 atom stereocenters. The molecule has 0 saturated carbocycles. The molecule has 4 rings (SSSR count). The highest BCUT2D eigenvalue weighted by molar-refractivity contribution is 5.76. The molecule has 3 aromatic carbocycles. The molecule has 0 spiro atoms. The first-order valence-electron chi connectivity index (χ1n) is 13.7. The van der Waals surface area contributed by atoms with Gasteiger partial charge in [-0.2, -0.15) is 26.3 Å². The molecule has 44 heavy (non-hydrogen) atoms. The van der Waals surface area contributed by atoms with Gasteiger partial charge in [-0.05, 0) is 72.9 Å². The van der Waals surface area contributed by atoms with E-state index in [1.54, 1.807) is 38.1 Å². The molecule has 0 aliphatic carbocycles. The Balaban J connectivity index is 1.51. The van der Waals surface area contributed by atoms with Crippen LogP contribution in [0.25, 0.3) is 0 Å². The Hall–Kier alpha value is -4.29. The number of halogens is 7. The van der Waals surface area contributed by atoms with E-state index in [1.807, 2.05) is 6.07 Å². The lowest BCUT2D eigenvalue weighted by atomic mass is 9.92. The van der Waals surface area contributed by atoms with Gasteiger partial charge in [0.15, 0.2) is 0 Å². The lowest BCUT2D eigenvalue weighted by Crippen LogP contribution is -2.59. The van der Waals surface area contributed by atoms with Crippen molar-refractivity contribution in [2.24, 2.45) is 0 Å². The fraction of sp³-hybridized carbons (Fsp3) is 0.355. The van der Waals surface area contributed by atoms with Crippen molar-refractivity contribution in [1.29, 1.82) is 0 Å². The topological polar surface area (TPSA) is 61.9 Å². The number of benzene rings is 3. The van der Waals surface area contributed by atoms with Gasteiger partial charge >= 0.3 is 24.5 Å². The number of hydrogen-bond donors (Lipinski definition) is 1. The van der Waals surface area contributed by atoms with E-state index < -0.39 is 53.5 Å². The number of rotatable bonds is 6. The number of ether oxygens (including phenoxy) is 1. The van der Waals surface area contributed by atoms with E-state index in [2.05, 4.69) is 5.32 Å². The average Bonchev–Trinajstić information content (AvgIpc) is 2.95. The van der Waals surface area contributed by atoms with Gasteiger partial charge in [-0.1, -0.05) is 36.4 Å². The molecule has 1 fully saturated rings. The predicted octanol–water partition coefficient (Wildman–Crippen LogP) is 7.51. The molecule has 2 unspecified atom stereocenters. The van der Waals surface area contributed by atoms with Crippen LogP contribution >= 0.6 is 0 Å². The van der Waals surface area contributed by atoms with Crippen molar-refractivity contribution in [3.8, 4) is 0 Å². The number of piperazine rings is 1. The van der Waals surface area contributed by atoms with Gasteiger partial charge in [0.1, 0.15) is 12.4 Å². The van der Waals surface area contributed by atoms with Gasteiger partial charge in [-0.15, -0.1) is 0 Å². The van der Waals surface area contributed by atoms with Crippen molar-refractivity contribution < 1.29 is 45.1 Å². The van der Waals surface area contributed by atoms with E-state index in [4.69, 9.17) is 4.74 Å². The molecule has 3 amide bonds. The zero-order valence-electron chi connectivity index (χ0n) is 23.8. The molecule has 1 saturated heterocycles. The third-order valence-corrected chi connectivity index (χ3v) is 7.45. The van der Waals surface area contributed by atoms with Crippen LogP contribution in [-0.2, 0) is 30.1 Å². The number of hydrogen-bond acceptors (Lipinski definition) is 3. The second-order valence-electron chi connectivity index (χ2n) is 10.5. The van der Waals surface area contributed by atoms with Crippen molar-refractivity contribution in [3.63, 3.8) is 0 Å². The molecule has 0 bridgehead atoms. The Morgan fingerprint density at radius 1 is 0.864 bits per heavy atom. The minimum absolute atomic E-state index is 0.0267. The zero-order valence-corrected chi connectivity index (χ0v) is 23.8. The van der Waals surface area contributed by atoms with Gasteiger partial charge in [-0.25, -0.2) is 14.0 Å². The number of carbonyl (C=O) groups excluding carboxylic acids is 2. The van der Waals surface area contributed by atoms with E-state index in [0.29, 0.717) is 23.3 Å². The Bertz CT molecular complexity index is 1450. The number of alkyl halides is 6. The fourth-order valence-corrected chi connectivity index (χ4v) is 5.25. The number of aryl methyl sites for hydroxylation is 1. The average molecular weight is 626 g/mol. The van der Waals surface area contributed by atoms with E-state index in [1.165, 1.54) is 28.0 Å². The minimum Gasteiger partial charge on any atom is -0.445 e. The van der Waals surface area contributed by atoms with Crippen molar-refractivity contribution in [3.05, 3.63) is 106 Å². The summed E-state index contributed by atoms with van der Waals surface area (Å²) in [4.78, 5) is 29.3. The SMILES string of the molecule is Cc1cc(F)ccc1C1C(C)N(C(=O)OCc2ccccc2)CCN1C(=O)NCCc1cc(C(F)(F)F)cc(C(F)(F)F)c1. The van der Waals surface area contributed by atoms with Gasteiger partial charge in [0, 0.05) is 19.6 Å². The van der Waals surface area contributed by atoms with Crippen LogP contribution in [0.2, 0.25) is 0 Å². The van der Waals surface area contributed by atoms with E-state index in [0.717, 1.165) is 5.56 Å². The fourth-order valence-electron chi connectivity index (χ4n) is 5.25. The number of amides is 3. The second-order valence-corrected chi connectivity index (χ2v) is 10.5. The molecule has 1 N–H and O–H groups in total. The minimum atomic E-state index is -4.99. The molecule has 1 aliphatic heterocycles. The van der Waals surface area contributed by atoms with E-state index in [9.17, 15) is 40.3 Å². The summed E-state index contributed by atoms with van der Waals surface area (Å²) in [6.07, 6.45) is -10.9. The molecule has 3 aromatic rings. The summed E-state index contributed by atoms with van der Waals surface area (Å²) >= 11 is 0. The molecule has 1 heterocycles. The summed E-state index contributed by atoms with van der Waals surface area (Å²) in [5.41, 5.74) is -1.28. The van der Waals surface area contributed by atoms with Crippen LogP contribution in [0.5, 0.6) is 0 Å². The van der Waals surface area contributed by atoms with Gasteiger partial charge in [-0.3, -0.25) is 0 Å². The van der Waals surface area contributed by atoms with Gasteiger partial charge in [0.05, 0.1) is 23.2 Å². The quantitative estimate of drug-likeness (QED) is 0.289. The summed E-state index contributed by atoms with van der Waals surface area (Å²) in [5, 5.41) is 2.57. The molecule has 0 aromatic heterocycles. The number of carbonyl (C=O) groups is 2. The van der Waals surface area contributed by atoms with Crippen LogP contribution in [0.1, 0.15) is 46.3 Å². The third-order valence-electron chi connectivity index (χ3n) is 7.45. The summed E-state index contributed by atoms with van der Waals surface area (Å²) in [7, 11) is 0. The van der Waals surface area contributed by atoms with Crippen LogP contribution in [0.15, 0.2) is 66.7 Å². The molecule has 13 heteroatoms. The molecule has 1 aliphatic rings. The van der Waals surface area contributed by atoms with Gasteiger partial charge in [0.25, 0.3) is 0 Å². The second kappa shape index (κ2) is 13.1. The van der Waals surface area contributed by atoms with Crippen LogP contribution in [0.4, 0.5) is 40.3 Å². The Kier molecular flexibility index (Phi) is 9.75. The van der Waals surface area contributed by atoms with Crippen molar-refractivity contribution in [2.45, 2.75) is 51.3 Å². The lowest BCUT2D eigenvalue weighted by Gasteiger charge is -2.46. The van der Waals surface area contributed by atoms with Crippen LogP contribution < -0.4 is 5.32 Å². The third kappa shape index (κ3) is 7.80. The van der Waals surface area contributed by atoms with Crippen LogP contribution in [-0.4, -0.2) is 47.6 Å². The summed E-state index contributed by atoms with van der Waals surface area (Å²) in [6.45, 7) is 3.23. The smallest absolute Gasteiger partial charge is 0.416 e. The van der Waals surface area contributed by atoms with Crippen molar-refractivity contribution in [1.82, 2.24) is 15.1 Å². The van der Waals surface area contributed by atoms with Crippen LogP contribution in [0, 0.1) is 12.7 Å². The maximum atomic E-state index is 13.9. The zero-order chi connectivity index (χ0) is 32.2. The first-order chi connectivity index (χ1) is 20.6. The Morgan fingerprint density at radius 3 is 2.07 bits per heavy atom.